The smallest absolute Gasteiger partial charge is 0.312 e. The van der Waals surface area contributed by atoms with E-state index in [1.807, 2.05) is 30.3 Å². The zero-order valence-corrected chi connectivity index (χ0v) is 22.1. The predicted molar refractivity (Wildman–Crippen MR) is 141 cm³/mol. The van der Waals surface area contributed by atoms with E-state index in [0.717, 1.165) is 5.56 Å². The Labute approximate surface area is 226 Å². The lowest BCUT2D eigenvalue weighted by Gasteiger charge is -2.33. The summed E-state index contributed by atoms with van der Waals surface area (Å²) in [7, 11) is 1.44. The molecule has 2 aromatic rings. The molecule has 2 aromatic carbocycles. The van der Waals surface area contributed by atoms with Crippen LogP contribution in [0.4, 0.5) is 0 Å². The third-order valence-corrected chi connectivity index (χ3v) is 6.65. The molecule has 3 amide bonds. The highest BCUT2D eigenvalue weighted by Crippen LogP contribution is 2.19. The van der Waals surface area contributed by atoms with Crippen molar-refractivity contribution in [1.82, 2.24) is 16.0 Å². The van der Waals surface area contributed by atoms with Gasteiger partial charge in [-0.2, -0.15) is 0 Å². The molecule has 39 heavy (non-hydrogen) atoms. The number of ether oxygens (including phenoxy) is 2. The van der Waals surface area contributed by atoms with Gasteiger partial charge in [-0.3, -0.25) is 19.2 Å². The minimum atomic E-state index is -1.38. The largest absolute Gasteiger partial charge is 0.507 e. The molecule has 6 unspecified atom stereocenters. The topological polar surface area (TPSA) is 163 Å². The Balaban J connectivity index is 1.97. The van der Waals surface area contributed by atoms with Crippen molar-refractivity contribution in [2.24, 2.45) is 5.92 Å². The number of phenolic OH excluding ortho intramolecular Hbond substituents is 1. The Hall–Kier alpha value is -3.96. The molecular formula is C28H35N3O8. The first kappa shape index (κ1) is 29.6. The highest BCUT2D eigenvalue weighted by molar-refractivity contribution is 6.00. The Bertz CT molecular complexity index is 1160. The first-order valence-corrected chi connectivity index (χ1v) is 12.7. The number of nitrogens with one attached hydrogen (secondary N) is 3. The predicted octanol–water partition coefficient (Wildman–Crippen LogP) is 0.682. The van der Waals surface area contributed by atoms with Crippen LogP contribution < -0.4 is 16.0 Å². The highest BCUT2D eigenvalue weighted by atomic mass is 16.6. The van der Waals surface area contributed by atoms with Crippen LogP contribution in [0.15, 0.2) is 54.6 Å². The molecule has 210 valence electrons. The maximum Gasteiger partial charge on any atom is 0.312 e. The number of aliphatic hydroxyl groups is 1. The summed E-state index contributed by atoms with van der Waals surface area (Å²) in [6.07, 6.45) is -2.41. The van der Waals surface area contributed by atoms with Crippen LogP contribution in [0.2, 0.25) is 0 Å². The number of para-hydroxylation sites is 1. The van der Waals surface area contributed by atoms with Gasteiger partial charge in [0, 0.05) is 13.5 Å². The summed E-state index contributed by atoms with van der Waals surface area (Å²) in [5.41, 5.74) is 0.736. The van der Waals surface area contributed by atoms with Gasteiger partial charge in [0.15, 0.2) is 6.10 Å². The van der Waals surface area contributed by atoms with Crippen LogP contribution >= 0.6 is 0 Å². The maximum absolute atomic E-state index is 13.6. The fourth-order valence-corrected chi connectivity index (χ4v) is 4.30. The number of esters is 1. The summed E-state index contributed by atoms with van der Waals surface area (Å²) >= 11 is 0. The van der Waals surface area contributed by atoms with Gasteiger partial charge < -0.3 is 35.6 Å². The Morgan fingerprint density at radius 3 is 2.33 bits per heavy atom. The van der Waals surface area contributed by atoms with E-state index >= 15 is 0 Å². The SMILES string of the molecule is COCCC1OC(=O)C(C)C(O)C(Cc2ccccc2)NC(=O)C(NC(=O)c2ccccc2O)C(C)NC1=O. The molecule has 1 aliphatic heterocycles. The monoisotopic (exact) mass is 541 g/mol. The zero-order chi connectivity index (χ0) is 28.5. The lowest BCUT2D eigenvalue weighted by atomic mass is 9.92. The second-order valence-electron chi connectivity index (χ2n) is 9.56. The second-order valence-corrected chi connectivity index (χ2v) is 9.56. The number of cyclic esters (lactones) is 1. The first-order chi connectivity index (χ1) is 18.6. The molecule has 0 radical (unpaired) electrons. The minimum absolute atomic E-state index is 0.0398. The fraction of sp³-hybridized carbons (Fsp3) is 0.429. The van der Waals surface area contributed by atoms with Crippen LogP contribution in [0, 0.1) is 5.92 Å². The lowest BCUT2D eigenvalue weighted by molar-refractivity contribution is -0.165. The van der Waals surface area contributed by atoms with Crippen LogP contribution in [0.5, 0.6) is 5.75 Å². The second kappa shape index (κ2) is 13.7. The normalized spacial score (nSPS) is 26.3. The van der Waals surface area contributed by atoms with E-state index in [9.17, 15) is 29.4 Å². The molecule has 0 bridgehead atoms. The van der Waals surface area contributed by atoms with Gasteiger partial charge in [0.1, 0.15) is 11.8 Å². The van der Waals surface area contributed by atoms with E-state index in [-0.39, 0.29) is 30.8 Å². The molecule has 1 heterocycles. The highest BCUT2D eigenvalue weighted by Gasteiger charge is 2.39. The number of aromatic hydroxyl groups is 1. The maximum atomic E-state index is 13.6. The Morgan fingerprint density at radius 1 is 1.00 bits per heavy atom. The van der Waals surface area contributed by atoms with Gasteiger partial charge in [0.05, 0.1) is 36.3 Å². The van der Waals surface area contributed by atoms with E-state index in [1.54, 1.807) is 12.1 Å². The molecule has 0 spiro atoms. The third kappa shape index (κ3) is 7.78. The number of carbonyl (C=O) groups excluding carboxylic acids is 4. The van der Waals surface area contributed by atoms with E-state index in [1.165, 1.54) is 33.1 Å². The Kier molecular flexibility index (Phi) is 10.4. The van der Waals surface area contributed by atoms with Crippen molar-refractivity contribution >= 4 is 23.7 Å². The number of benzene rings is 2. The number of phenols is 1. The van der Waals surface area contributed by atoms with Crippen LogP contribution in [0.3, 0.4) is 0 Å². The number of methoxy groups -OCH3 is 1. The number of hydrogen-bond donors (Lipinski definition) is 5. The van der Waals surface area contributed by atoms with Gasteiger partial charge in [-0.15, -0.1) is 0 Å². The number of aliphatic hydroxyl groups excluding tert-OH is 1. The average molecular weight is 542 g/mol. The average Bonchev–Trinajstić information content (AvgIpc) is 2.92. The van der Waals surface area contributed by atoms with Crippen LogP contribution in [-0.2, 0) is 30.3 Å². The quantitative estimate of drug-likeness (QED) is 0.320. The molecule has 0 saturated carbocycles. The van der Waals surface area contributed by atoms with E-state index in [4.69, 9.17) is 9.47 Å². The molecule has 0 aromatic heterocycles. The third-order valence-electron chi connectivity index (χ3n) is 6.65. The number of amides is 3. The van der Waals surface area contributed by atoms with Gasteiger partial charge in [-0.25, -0.2) is 0 Å². The molecule has 0 aliphatic carbocycles. The Morgan fingerprint density at radius 2 is 1.67 bits per heavy atom. The van der Waals surface area contributed by atoms with Crippen molar-refractivity contribution in [2.75, 3.05) is 13.7 Å². The van der Waals surface area contributed by atoms with Crippen LogP contribution in [-0.4, -0.2) is 78.0 Å². The standard InChI is InChI=1S/C28H35N3O8/c1-16-24(33)20(15-18-9-5-4-6-10-18)30-27(36)23(31-25(34)19-11-7-8-12-21(19)32)17(2)29-26(35)22(13-14-38-3)39-28(16)37/h4-12,16-17,20,22-24,32-33H,13-15H2,1-3H3,(H,29,35)(H,30,36)(H,31,34). The van der Waals surface area contributed by atoms with E-state index in [2.05, 4.69) is 16.0 Å². The zero-order valence-electron chi connectivity index (χ0n) is 22.1. The van der Waals surface area contributed by atoms with Gasteiger partial charge in [-0.1, -0.05) is 42.5 Å². The summed E-state index contributed by atoms with van der Waals surface area (Å²) in [5.74, 6) is -4.30. The van der Waals surface area contributed by atoms with Crippen molar-refractivity contribution in [1.29, 1.82) is 0 Å². The molecule has 11 heteroatoms. The summed E-state index contributed by atoms with van der Waals surface area (Å²) in [5, 5.41) is 29.3. The van der Waals surface area contributed by atoms with Gasteiger partial charge in [0.2, 0.25) is 5.91 Å². The van der Waals surface area contributed by atoms with Gasteiger partial charge >= 0.3 is 5.97 Å². The minimum Gasteiger partial charge on any atom is -0.507 e. The molecule has 3 rings (SSSR count). The van der Waals surface area contributed by atoms with Crippen molar-refractivity contribution in [3.63, 3.8) is 0 Å². The van der Waals surface area contributed by atoms with E-state index in [0.29, 0.717) is 0 Å². The summed E-state index contributed by atoms with van der Waals surface area (Å²) < 4.78 is 10.5. The molecule has 6 atom stereocenters. The van der Waals surface area contributed by atoms with Crippen LogP contribution in [0.1, 0.15) is 36.2 Å². The van der Waals surface area contributed by atoms with Crippen molar-refractivity contribution in [2.45, 2.75) is 57.0 Å². The molecule has 1 fully saturated rings. The van der Waals surface area contributed by atoms with Crippen molar-refractivity contribution in [3.05, 3.63) is 65.7 Å². The lowest BCUT2D eigenvalue weighted by Crippen LogP contribution is -2.62. The summed E-state index contributed by atoms with van der Waals surface area (Å²) in [6, 6.07) is 11.7. The molecule has 11 nitrogen and oxygen atoms in total. The van der Waals surface area contributed by atoms with Crippen molar-refractivity contribution < 1.29 is 38.9 Å². The summed E-state index contributed by atoms with van der Waals surface area (Å²) in [4.78, 5) is 52.6. The van der Waals surface area contributed by atoms with E-state index < -0.39 is 59.9 Å². The summed E-state index contributed by atoms with van der Waals surface area (Å²) in [6.45, 7) is 3.08. The molecule has 5 N–H and O–H groups in total. The van der Waals surface area contributed by atoms with Crippen LogP contribution in [0.25, 0.3) is 0 Å². The van der Waals surface area contributed by atoms with Gasteiger partial charge in [-0.05, 0) is 38.0 Å². The first-order valence-electron chi connectivity index (χ1n) is 12.7. The number of rotatable bonds is 7. The van der Waals surface area contributed by atoms with Gasteiger partial charge in [0.25, 0.3) is 11.8 Å². The van der Waals surface area contributed by atoms with Crippen molar-refractivity contribution in [3.8, 4) is 5.75 Å². The number of hydrogen-bond acceptors (Lipinski definition) is 8. The number of carbonyl (C=O) groups is 4. The molecule has 1 aliphatic rings. The fourth-order valence-electron chi connectivity index (χ4n) is 4.30. The molecule has 1 saturated heterocycles. The molecular weight excluding hydrogens is 506 g/mol.